The highest BCUT2D eigenvalue weighted by Crippen LogP contribution is 2.41. The molecule has 0 saturated carbocycles. The van der Waals surface area contributed by atoms with Gasteiger partial charge in [0.1, 0.15) is 4.88 Å². The molecule has 3 N–H and O–H groups in total. The van der Waals surface area contributed by atoms with Crippen LogP contribution in [0.15, 0.2) is 33.9 Å². The van der Waals surface area contributed by atoms with Gasteiger partial charge in [-0.3, -0.25) is 10.1 Å². The van der Waals surface area contributed by atoms with Gasteiger partial charge in [0.05, 0.1) is 10.3 Å². The molecule has 0 fully saturated rings. The van der Waals surface area contributed by atoms with Crippen LogP contribution < -0.4 is 11.1 Å². The number of fused-ring (bicyclic) bond motifs is 1. The molecule has 24 heavy (non-hydrogen) atoms. The number of urea groups is 1. The predicted molar refractivity (Wildman–Crippen MR) is 93.2 cm³/mol. The van der Waals surface area contributed by atoms with Crippen LogP contribution >= 0.6 is 34.7 Å². The van der Waals surface area contributed by atoms with Crippen LogP contribution in [0, 0.1) is 0 Å². The Labute approximate surface area is 149 Å². The van der Waals surface area contributed by atoms with Crippen LogP contribution in [0.5, 0.6) is 0 Å². The molecule has 0 unspecified atom stereocenters. The third kappa shape index (κ3) is 3.37. The van der Waals surface area contributed by atoms with E-state index in [0.717, 1.165) is 21.8 Å². The second-order valence-electron chi connectivity index (χ2n) is 4.73. The van der Waals surface area contributed by atoms with Crippen molar-refractivity contribution in [3.8, 4) is 10.8 Å². The van der Waals surface area contributed by atoms with E-state index in [1.54, 1.807) is 6.92 Å². The minimum atomic E-state index is -0.907. The highest BCUT2D eigenvalue weighted by molar-refractivity contribution is 8.00. The molecule has 0 aliphatic heterocycles. The number of hydrogen-bond acceptors (Lipinski definition) is 7. The molecule has 3 rings (SSSR count). The van der Waals surface area contributed by atoms with Crippen molar-refractivity contribution in [3.63, 3.8) is 0 Å². The maximum atomic E-state index is 11.7. The van der Waals surface area contributed by atoms with Crippen LogP contribution in [-0.4, -0.2) is 27.4 Å². The lowest BCUT2D eigenvalue weighted by Gasteiger charge is -2.06. The smallest absolute Gasteiger partial charge is 0.318 e. The molecule has 1 atom stereocenters. The van der Waals surface area contributed by atoms with Crippen molar-refractivity contribution in [1.29, 1.82) is 0 Å². The molecule has 1 aromatic carbocycles. The quantitative estimate of drug-likeness (QED) is 0.670. The SMILES string of the molecule is C[C@H](Sc1nnc(-c2sc3ccccc3c2Cl)o1)C(=O)NC(N)=O. The molecule has 7 nitrogen and oxygen atoms in total. The van der Waals surface area contributed by atoms with Gasteiger partial charge in [0.2, 0.25) is 5.91 Å². The van der Waals surface area contributed by atoms with Crippen LogP contribution in [0.25, 0.3) is 20.9 Å². The zero-order valence-electron chi connectivity index (χ0n) is 12.3. The number of carbonyl (C=O) groups is 2. The average molecular weight is 383 g/mol. The molecule has 0 aliphatic carbocycles. The molecule has 0 aliphatic rings. The number of aromatic nitrogens is 2. The summed E-state index contributed by atoms with van der Waals surface area (Å²) in [5.74, 6) is -0.252. The van der Waals surface area contributed by atoms with Crippen LogP contribution in [0.4, 0.5) is 4.79 Å². The van der Waals surface area contributed by atoms with E-state index in [-0.39, 0.29) is 11.1 Å². The normalized spacial score (nSPS) is 12.2. The number of thioether (sulfide) groups is 1. The van der Waals surface area contributed by atoms with E-state index >= 15 is 0 Å². The summed E-state index contributed by atoms with van der Waals surface area (Å²) in [6.07, 6.45) is 0. The van der Waals surface area contributed by atoms with Crippen LogP contribution in [0.2, 0.25) is 5.02 Å². The maximum Gasteiger partial charge on any atom is 0.318 e. The van der Waals surface area contributed by atoms with E-state index in [1.165, 1.54) is 11.3 Å². The number of thiophene rings is 1. The molecule has 0 bridgehead atoms. The second kappa shape index (κ2) is 6.80. The number of nitrogens with two attached hydrogens (primary N) is 1. The highest BCUT2D eigenvalue weighted by Gasteiger charge is 2.21. The molecule has 10 heteroatoms. The first-order chi connectivity index (χ1) is 11.5. The van der Waals surface area contributed by atoms with Crippen molar-refractivity contribution in [2.75, 3.05) is 0 Å². The van der Waals surface area contributed by atoms with Gasteiger partial charge in [-0.1, -0.05) is 41.6 Å². The molecule has 0 saturated heterocycles. The number of benzene rings is 1. The molecule has 0 spiro atoms. The van der Waals surface area contributed by atoms with Gasteiger partial charge in [0.25, 0.3) is 11.1 Å². The summed E-state index contributed by atoms with van der Waals surface area (Å²) in [6, 6.07) is 6.79. The Balaban J connectivity index is 1.81. The van der Waals surface area contributed by atoms with Crippen LogP contribution in [0.3, 0.4) is 0 Å². The van der Waals surface area contributed by atoms with Crippen molar-refractivity contribution < 1.29 is 14.0 Å². The van der Waals surface area contributed by atoms with Gasteiger partial charge in [-0.2, -0.15) is 0 Å². The molecule has 2 aromatic heterocycles. The molecule has 3 aromatic rings. The molecule has 0 radical (unpaired) electrons. The van der Waals surface area contributed by atoms with E-state index in [4.69, 9.17) is 21.8 Å². The summed E-state index contributed by atoms with van der Waals surface area (Å²) in [5, 5.41) is 10.9. The predicted octanol–water partition coefficient (Wildman–Crippen LogP) is 3.28. The molecule has 124 valence electrons. The van der Waals surface area contributed by atoms with Gasteiger partial charge in [0, 0.05) is 10.1 Å². The minimum absolute atomic E-state index is 0.200. The summed E-state index contributed by atoms with van der Waals surface area (Å²) in [4.78, 5) is 23.0. The lowest BCUT2D eigenvalue weighted by atomic mass is 10.2. The van der Waals surface area contributed by atoms with Crippen LogP contribution in [0.1, 0.15) is 6.92 Å². The number of halogens is 1. The Hall–Kier alpha value is -2.10. The number of nitrogens with one attached hydrogen (secondary N) is 1. The third-order valence-corrected chi connectivity index (χ3v) is 5.63. The van der Waals surface area contributed by atoms with Crippen LogP contribution in [-0.2, 0) is 4.79 Å². The maximum absolute atomic E-state index is 11.7. The van der Waals surface area contributed by atoms with Crippen molar-refractivity contribution >= 4 is 56.7 Å². The molecular formula is C14H11ClN4O3S2. The van der Waals surface area contributed by atoms with Crippen molar-refractivity contribution in [1.82, 2.24) is 15.5 Å². The fourth-order valence-corrected chi connectivity index (χ4v) is 4.05. The standard InChI is InChI=1S/C14H11ClN4O3S2/c1-6(11(20)17-13(16)21)23-14-19-18-12(22-14)10-9(15)7-4-2-3-5-8(7)24-10/h2-6H,1H3,(H3,16,17,20,21)/t6-/m0/s1. The Morgan fingerprint density at radius 3 is 2.83 bits per heavy atom. The minimum Gasteiger partial charge on any atom is -0.410 e. The summed E-state index contributed by atoms with van der Waals surface area (Å²) < 4.78 is 6.59. The number of carbonyl (C=O) groups excluding carboxylic acids is 2. The first kappa shape index (κ1) is 16.7. The van der Waals surface area contributed by atoms with E-state index in [1.807, 2.05) is 29.6 Å². The number of rotatable bonds is 4. The van der Waals surface area contributed by atoms with Crippen molar-refractivity contribution in [2.24, 2.45) is 5.73 Å². The monoisotopic (exact) mass is 382 g/mol. The van der Waals surface area contributed by atoms with E-state index in [0.29, 0.717) is 9.90 Å². The summed E-state index contributed by atoms with van der Waals surface area (Å²) in [5.41, 5.74) is 4.91. The summed E-state index contributed by atoms with van der Waals surface area (Å²) >= 11 is 8.84. The lowest BCUT2D eigenvalue weighted by Crippen LogP contribution is -2.39. The average Bonchev–Trinajstić information content (AvgIpc) is 3.12. The van der Waals surface area contributed by atoms with E-state index < -0.39 is 17.2 Å². The van der Waals surface area contributed by atoms with Gasteiger partial charge in [-0.25, -0.2) is 4.79 Å². The lowest BCUT2D eigenvalue weighted by molar-refractivity contribution is -0.119. The fraction of sp³-hybridized carbons (Fsp3) is 0.143. The zero-order valence-corrected chi connectivity index (χ0v) is 14.7. The van der Waals surface area contributed by atoms with Crippen molar-refractivity contribution in [3.05, 3.63) is 29.3 Å². The van der Waals surface area contributed by atoms with E-state index in [2.05, 4.69) is 10.2 Å². The molecule has 3 amide bonds. The van der Waals surface area contributed by atoms with Gasteiger partial charge >= 0.3 is 6.03 Å². The first-order valence-corrected chi connectivity index (χ1v) is 8.81. The van der Waals surface area contributed by atoms with E-state index in [9.17, 15) is 9.59 Å². The number of nitrogens with zero attached hydrogens (tertiary/aromatic N) is 2. The van der Waals surface area contributed by atoms with Crippen molar-refractivity contribution in [2.45, 2.75) is 17.4 Å². The summed E-state index contributed by atoms with van der Waals surface area (Å²) in [6.45, 7) is 1.60. The first-order valence-electron chi connectivity index (χ1n) is 6.73. The third-order valence-electron chi connectivity index (χ3n) is 3.03. The van der Waals surface area contributed by atoms with Gasteiger partial charge < -0.3 is 10.2 Å². The number of hydrogen-bond donors (Lipinski definition) is 2. The Bertz CT molecular complexity index is 924. The second-order valence-corrected chi connectivity index (χ2v) is 7.45. The summed E-state index contributed by atoms with van der Waals surface area (Å²) in [7, 11) is 0. The topological polar surface area (TPSA) is 111 Å². The fourth-order valence-electron chi connectivity index (χ4n) is 1.93. The largest absolute Gasteiger partial charge is 0.410 e. The number of amides is 3. The van der Waals surface area contributed by atoms with Gasteiger partial charge in [0.15, 0.2) is 0 Å². The molecular weight excluding hydrogens is 372 g/mol. The number of imide groups is 1. The molecule has 2 heterocycles. The Morgan fingerprint density at radius 1 is 1.38 bits per heavy atom. The Kier molecular flexibility index (Phi) is 4.74. The number of primary amides is 1. The zero-order chi connectivity index (χ0) is 17.3. The van der Waals surface area contributed by atoms with Gasteiger partial charge in [-0.15, -0.1) is 21.5 Å². The Morgan fingerprint density at radius 2 is 2.12 bits per heavy atom. The van der Waals surface area contributed by atoms with Gasteiger partial charge in [-0.05, 0) is 13.0 Å². The highest BCUT2D eigenvalue weighted by atomic mass is 35.5.